The number of nitrogens with zero attached hydrogens (tertiary/aromatic N) is 6. The Morgan fingerprint density at radius 1 is 0.971 bits per heavy atom. The standard InChI is InChI=1S/C26H24N8O/c1-15(2)26(35)31-18-8-5-16(6-9-18)23-21(22-24(27)29-14-30-25(22)34(23)4)17-7-10-19(28-13-17)20-11-12-33(3)32-20/h5-14H,1H2,2-4H3,(H,31,35)(H2,27,29,30). The van der Waals surface area contributed by atoms with Crippen LogP contribution in [0.3, 0.4) is 0 Å². The van der Waals surface area contributed by atoms with Crippen molar-refractivity contribution in [2.45, 2.75) is 6.92 Å². The lowest BCUT2D eigenvalue weighted by Gasteiger charge is -2.11. The number of nitrogens with two attached hydrogens (primary N) is 1. The Hall–Kier alpha value is -4.79. The van der Waals surface area contributed by atoms with Gasteiger partial charge in [0.25, 0.3) is 5.91 Å². The smallest absolute Gasteiger partial charge is 0.250 e. The third-order valence-corrected chi connectivity index (χ3v) is 5.83. The Morgan fingerprint density at radius 2 is 1.71 bits per heavy atom. The van der Waals surface area contributed by atoms with Crippen molar-refractivity contribution in [1.29, 1.82) is 0 Å². The van der Waals surface area contributed by atoms with Gasteiger partial charge in [-0.2, -0.15) is 5.10 Å². The monoisotopic (exact) mass is 464 g/mol. The van der Waals surface area contributed by atoms with Crippen LogP contribution in [0.25, 0.3) is 44.8 Å². The number of hydrogen-bond acceptors (Lipinski definition) is 6. The highest BCUT2D eigenvalue weighted by Gasteiger charge is 2.22. The van der Waals surface area contributed by atoms with Crippen molar-refractivity contribution in [3.05, 3.63) is 73.3 Å². The molecule has 4 heterocycles. The normalized spacial score (nSPS) is 11.1. The summed E-state index contributed by atoms with van der Waals surface area (Å²) in [5, 5.41) is 8.03. The molecule has 0 spiro atoms. The van der Waals surface area contributed by atoms with Crippen LogP contribution in [0.4, 0.5) is 11.5 Å². The van der Waals surface area contributed by atoms with Crippen molar-refractivity contribution < 1.29 is 4.79 Å². The Balaban J connectivity index is 1.64. The highest BCUT2D eigenvalue weighted by molar-refractivity contribution is 6.08. The van der Waals surface area contributed by atoms with Crippen molar-refractivity contribution >= 4 is 28.4 Å². The molecule has 35 heavy (non-hydrogen) atoms. The minimum atomic E-state index is -0.217. The highest BCUT2D eigenvalue weighted by atomic mass is 16.1. The number of carbonyl (C=O) groups excluding carboxylic acids is 1. The van der Waals surface area contributed by atoms with Crippen LogP contribution in [0.15, 0.2) is 73.3 Å². The van der Waals surface area contributed by atoms with E-state index in [4.69, 9.17) is 5.73 Å². The van der Waals surface area contributed by atoms with Gasteiger partial charge in [0.2, 0.25) is 0 Å². The predicted molar refractivity (Wildman–Crippen MR) is 137 cm³/mol. The van der Waals surface area contributed by atoms with Crippen LogP contribution in [-0.4, -0.2) is 35.2 Å². The molecule has 0 aliphatic rings. The minimum absolute atomic E-state index is 0.217. The SMILES string of the molecule is C=C(C)C(=O)Nc1ccc(-c2c(-c3ccc(-c4ccn(C)n4)nc3)c3c(N)ncnc3n2C)cc1. The van der Waals surface area contributed by atoms with E-state index in [1.54, 1.807) is 11.6 Å². The van der Waals surface area contributed by atoms with Crippen LogP contribution < -0.4 is 11.1 Å². The fourth-order valence-electron chi connectivity index (χ4n) is 4.09. The van der Waals surface area contributed by atoms with Crippen molar-refractivity contribution in [1.82, 2.24) is 29.3 Å². The van der Waals surface area contributed by atoms with Crippen LogP contribution in [-0.2, 0) is 18.9 Å². The zero-order valence-electron chi connectivity index (χ0n) is 19.6. The number of nitrogen functional groups attached to an aromatic ring is 1. The molecule has 3 N–H and O–H groups in total. The van der Waals surface area contributed by atoms with Gasteiger partial charge in [-0.1, -0.05) is 24.8 Å². The largest absolute Gasteiger partial charge is 0.383 e. The van der Waals surface area contributed by atoms with E-state index in [1.165, 1.54) is 6.33 Å². The van der Waals surface area contributed by atoms with Gasteiger partial charge in [-0.05, 0) is 36.8 Å². The number of aryl methyl sites for hydroxylation is 2. The molecule has 0 aliphatic carbocycles. The van der Waals surface area contributed by atoms with Gasteiger partial charge in [-0.25, -0.2) is 9.97 Å². The highest BCUT2D eigenvalue weighted by Crippen LogP contribution is 2.41. The van der Waals surface area contributed by atoms with Gasteiger partial charge in [0, 0.05) is 48.9 Å². The Bertz CT molecular complexity index is 1580. The lowest BCUT2D eigenvalue weighted by molar-refractivity contribution is -0.112. The summed E-state index contributed by atoms with van der Waals surface area (Å²) in [5.41, 5.74) is 13.4. The first kappa shape index (κ1) is 22.0. The number of aromatic nitrogens is 6. The average Bonchev–Trinajstić information content (AvgIpc) is 3.41. The molecule has 0 saturated carbocycles. The summed E-state index contributed by atoms with van der Waals surface area (Å²) in [6.45, 7) is 5.35. The summed E-state index contributed by atoms with van der Waals surface area (Å²) in [7, 11) is 3.82. The topological polar surface area (TPSA) is 117 Å². The number of carbonyl (C=O) groups is 1. The van der Waals surface area contributed by atoms with E-state index in [0.717, 1.165) is 44.8 Å². The van der Waals surface area contributed by atoms with Gasteiger partial charge >= 0.3 is 0 Å². The molecule has 0 radical (unpaired) electrons. The van der Waals surface area contributed by atoms with E-state index in [9.17, 15) is 4.79 Å². The molecule has 9 nitrogen and oxygen atoms in total. The van der Waals surface area contributed by atoms with Crippen LogP contribution in [0.2, 0.25) is 0 Å². The Labute approximate surface area is 202 Å². The summed E-state index contributed by atoms with van der Waals surface area (Å²) in [4.78, 5) is 25.4. The molecule has 0 saturated heterocycles. The number of benzene rings is 1. The molecular weight excluding hydrogens is 440 g/mol. The van der Waals surface area contributed by atoms with Crippen molar-refractivity contribution in [2.24, 2.45) is 14.1 Å². The summed E-state index contributed by atoms with van der Waals surface area (Å²) in [6, 6.07) is 13.5. The minimum Gasteiger partial charge on any atom is -0.383 e. The molecule has 0 atom stereocenters. The van der Waals surface area contributed by atoms with E-state index >= 15 is 0 Å². The van der Waals surface area contributed by atoms with E-state index < -0.39 is 0 Å². The number of anilines is 2. The number of hydrogen-bond donors (Lipinski definition) is 2. The molecule has 1 amide bonds. The zero-order chi connectivity index (χ0) is 24.7. The summed E-state index contributed by atoms with van der Waals surface area (Å²) in [5.74, 6) is 0.177. The molecule has 9 heteroatoms. The molecule has 4 aromatic heterocycles. The molecule has 0 unspecified atom stereocenters. The maximum atomic E-state index is 12.0. The van der Waals surface area contributed by atoms with Crippen molar-refractivity contribution in [3.63, 3.8) is 0 Å². The Kier molecular flexibility index (Phi) is 5.37. The van der Waals surface area contributed by atoms with Gasteiger partial charge in [0.05, 0.1) is 16.8 Å². The number of amides is 1. The third kappa shape index (κ3) is 3.93. The van der Waals surface area contributed by atoms with Crippen LogP contribution in [0.1, 0.15) is 6.92 Å². The first-order valence-corrected chi connectivity index (χ1v) is 11.0. The maximum absolute atomic E-state index is 12.0. The van der Waals surface area contributed by atoms with Gasteiger partial charge in [-0.3, -0.25) is 14.5 Å². The molecule has 0 bridgehead atoms. The molecule has 5 rings (SSSR count). The summed E-state index contributed by atoms with van der Waals surface area (Å²) >= 11 is 0. The zero-order valence-corrected chi connectivity index (χ0v) is 19.6. The fourth-order valence-corrected chi connectivity index (χ4v) is 4.09. The lowest BCUT2D eigenvalue weighted by atomic mass is 9.99. The molecular formula is C26H24N8O. The van der Waals surface area contributed by atoms with Gasteiger partial charge in [0.15, 0.2) is 0 Å². The number of pyridine rings is 1. The average molecular weight is 465 g/mol. The number of rotatable bonds is 5. The summed E-state index contributed by atoms with van der Waals surface area (Å²) < 4.78 is 3.74. The number of fused-ring (bicyclic) bond motifs is 1. The quantitative estimate of drug-likeness (QED) is 0.377. The van der Waals surface area contributed by atoms with E-state index in [0.29, 0.717) is 17.1 Å². The Morgan fingerprint density at radius 3 is 2.34 bits per heavy atom. The predicted octanol–water partition coefficient (Wildman–Crippen LogP) is 4.19. The first-order chi connectivity index (χ1) is 16.8. The van der Waals surface area contributed by atoms with Crippen LogP contribution >= 0.6 is 0 Å². The van der Waals surface area contributed by atoms with E-state index in [2.05, 4.69) is 31.9 Å². The molecule has 0 fully saturated rings. The number of nitrogens with one attached hydrogen (secondary N) is 1. The molecule has 0 aliphatic heterocycles. The van der Waals surface area contributed by atoms with E-state index in [-0.39, 0.29) is 5.91 Å². The van der Waals surface area contributed by atoms with Crippen LogP contribution in [0.5, 0.6) is 0 Å². The second kappa shape index (κ2) is 8.53. The lowest BCUT2D eigenvalue weighted by Crippen LogP contribution is -2.11. The fraction of sp³-hybridized carbons (Fsp3) is 0.115. The van der Waals surface area contributed by atoms with Crippen LogP contribution in [0, 0.1) is 0 Å². The van der Waals surface area contributed by atoms with Gasteiger partial charge in [0.1, 0.15) is 23.5 Å². The summed E-state index contributed by atoms with van der Waals surface area (Å²) in [6.07, 6.45) is 5.16. The first-order valence-electron chi connectivity index (χ1n) is 11.0. The van der Waals surface area contributed by atoms with Crippen molar-refractivity contribution in [3.8, 4) is 33.8 Å². The van der Waals surface area contributed by atoms with Gasteiger partial charge < -0.3 is 15.6 Å². The third-order valence-electron chi connectivity index (χ3n) is 5.83. The molecule has 174 valence electrons. The maximum Gasteiger partial charge on any atom is 0.250 e. The van der Waals surface area contributed by atoms with Crippen molar-refractivity contribution in [2.75, 3.05) is 11.1 Å². The second-order valence-electron chi connectivity index (χ2n) is 8.36. The second-order valence-corrected chi connectivity index (χ2v) is 8.36. The molecule has 5 aromatic rings. The molecule has 1 aromatic carbocycles. The van der Waals surface area contributed by atoms with Gasteiger partial charge in [-0.15, -0.1) is 0 Å². The van der Waals surface area contributed by atoms with E-state index in [1.807, 2.05) is 73.5 Å².